The van der Waals surface area contributed by atoms with Crippen LogP contribution in [-0.4, -0.2) is 22.7 Å². The van der Waals surface area contributed by atoms with E-state index < -0.39 is 11.6 Å². The van der Waals surface area contributed by atoms with E-state index in [4.69, 9.17) is 15.0 Å². The molecule has 0 saturated carbocycles. The van der Waals surface area contributed by atoms with Gasteiger partial charge in [-0.2, -0.15) is 0 Å². The number of carbonyl (C=O) groups is 2. The highest BCUT2D eigenvalue weighted by atomic mass is 16.4. The standard InChI is InChI=1S/C10H6O4.CH2O2/c11-9(12)8-5-6-3-1-2-4-7(6)10(13)14-8;2-1-3/h1-5H,(H,11,12);1H,(H,2,3). The molecule has 0 amide bonds. The number of hydrogen-bond acceptors (Lipinski definition) is 4. The summed E-state index contributed by atoms with van der Waals surface area (Å²) >= 11 is 0. The average Bonchev–Trinajstić information content (AvgIpc) is 2.30. The van der Waals surface area contributed by atoms with E-state index in [-0.39, 0.29) is 12.2 Å². The van der Waals surface area contributed by atoms with E-state index in [2.05, 4.69) is 4.42 Å². The number of hydrogen-bond donors (Lipinski definition) is 2. The van der Waals surface area contributed by atoms with E-state index in [0.717, 1.165) is 0 Å². The zero-order valence-corrected chi connectivity index (χ0v) is 8.49. The SMILES string of the molecule is O=C(O)c1cc2ccccc2c(=O)o1.O=CO. The van der Waals surface area contributed by atoms with E-state index in [0.29, 0.717) is 10.8 Å². The molecule has 0 bridgehead atoms. The molecular weight excluding hydrogens is 228 g/mol. The Hall–Kier alpha value is -2.63. The van der Waals surface area contributed by atoms with Crippen molar-refractivity contribution in [2.45, 2.75) is 0 Å². The second-order valence-corrected chi connectivity index (χ2v) is 2.90. The molecule has 2 rings (SSSR count). The summed E-state index contributed by atoms with van der Waals surface area (Å²) in [6.45, 7) is -0.250. The third kappa shape index (κ3) is 2.91. The normalized spacial score (nSPS) is 9.18. The number of carboxylic acid groups (broad SMARTS) is 2. The van der Waals surface area contributed by atoms with Crippen molar-refractivity contribution < 1.29 is 24.2 Å². The fourth-order valence-corrected chi connectivity index (χ4v) is 1.24. The summed E-state index contributed by atoms with van der Waals surface area (Å²) in [6, 6.07) is 8.01. The lowest BCUT2D eigenvalue weighted by molar-refractivity contribution is -0.122. The molecule has 0 saturated heterocycles. The maximum atomic E-state index is 11.3. The summed E-state index contributed by atoms with van der Waals surface area (Å²) in [5.74, 6) is -1.58. The van der Waals surface area contributed by atoms with Crippen molar-refractivity contribution >= 4 is 23.2 Å². The van der Waals surface area contributed by atoms with Gasteiger partial charge < -0.3 is 14.6 Å². The maximum Gasteiger partial charge on any atom is 0.371 e. The summed E-state index contributed by atoms with van der Waals surface area (Å²) in [5, 5.41) is 16.5. The lowest BCUT2D eigenvalue weighted by Gasteiger charge is -1.96. The molecule has 88 valence electrons. The Balaban J connectivity index is 0.000000437. The van der Waals surface area contributed by atoms with Gasteiger partial charge >= 0.3 is 11.6 Å². The Bertz CT molecular complexity index is 598. The quantitative estimate of drug-likeness (QED) is 0.720. The van der Waals surface area contributed by atoms with Crippen LogP contribution in [0.2, 0.25) is 0 Å². The Kier molecular flexibility index (Phi) is 3.99. The predicted octanol–water partition coefficient (Wildman–Crippen LogP) is 1.19. The van der Waals surface area contributed by atoms with E-state index in [1.165, 1.54) is 6.07 Å². The minimum absolute atomic E-state index is 0.250. The molecule has 0 aliphatic heterocycles. The first-order valence-electron chi connectivity index (χ1n) is 4.44. The molecule has 0 spiro atoms. The van der Waals surface area contributed by atoms with E-state index in [1.807, 2.05) is 0 Å². The summed E-state index contributed by atoms with van der Waals surface area (Å²) in [5.41, 5.74) is -0.625. The minimum Gasteiger partial charge on any atom is -0.483 e. The van der Waals surface area contributed by atoms with E-state index in [9.17, 15) is 9.59 Å². The predicted molar refractivity (Wildman–Crippen MR) is 58.1 cm³/mol. The smallest absolute Gasteiger partial charge is 0.371 e. The van der Waals surface area contributed by atoms with Crippen LogP contribution in [0.15, 0.2) is 39.5 Å². The van der Waals surface area contributed by atoms with Gasteiger partial charge in [-0.05, 0) is 17.5 Å². The van der Waals surface area contributed by atoms with Crippen LogP contribution < -0.4 is 5.63 Å². The van der Waals surface area contributed by atoms with Crippen molar-refractivity contribution in [1.29, 1.82) is 0 Å². The van der Waals surface area contributed by atoms with Gasteiger partial charge in [0.15, 0.2) is 0 Å². The van der Waals surface area contributed by atoms with Crippen molar-refractivity contribution in [1.82, 2.24) is 0 Å². The third-order valence-corrected chi connectivity index (χ3v) is 1.88. The van der Waals surface area contributed by atoms with Gasteiger partial charge in [0.05, 0.1) is 5.39 Å². The second kappa shape index (κ2) is 5.45. The number of aromatic carboxylic acids is 1. The Labute approximate surface area is 94.7 Å². The van der Waals surface area contributed by atoms with Gasteiger partial charge in [-0.1, -0.05) is 18.2 Å². The van der Waals surface area contributed by atoms with Crippen molar-refractivity contribution in [2.24, 2.45) is 0 Å². The molecule has 1 aromatic heterocycles. The molecule has 6 nitrogen and oxygen atoms in total. The van der Waals surface area contributed by atoms with Gasteiger partial charge in [-0.25, -0.2) is 9.59 Å². The highest BCUT2D eigenvalue weighted by Crippen LogP contribution is 2.11. The zero-order valence-electron chi connectivity index (χ0n) is 8.49. The number of benzene rings is 1. The van der Waals surface area contributed by atoms with Crippen LogP contribution in [0, 0.1) is 0 Å². The summed E-state index contributed by atoms with van der Waals surface area (Å²) in [7, 11) is 0. The highest BCUT2D eigenvalue weighted by Gasteiger charge is 2.09. The first-order chi connectivity index (χ1) is 8.10. The molecule has 6 heteroatoms. The van der Waals surface area contributed by atoms with Gasteiger partial charge in [-0.15, -0.1) is 0 Å². The zero-order chi connectivity index (χ0) is 12.8. The van der Waals surface area contributed by atoms with Gasteiger partial charge in [0.2, 0.25) is 5.76 Å². The Morgan fingerprint density at radius 3 is 2.47 bits per heavy atom. The molecule has 0 aliphatic rings. The van der Waals surface area contributed by atoms with E-state index >= 15 is 0 Å². The Morgan fingerprint density at radius 2 is 1.88 bits per heavy atom. The molecule has 0 fully saturated rings. The highest BCUT2D eigenvalue weighted by molar-refractivity contribution is 5.90. The van der Waals surface area contributed by atoms with Crippen molar-refractivity contribution in [2.75, 3.05) is 0 Å². The lowest BCUT2D eigenvalue weighted by Crippen LogP contribution is -2.05. The van der Waals surface area contributed by atoms with Crippen LogP contribution in [0.25, 0.3) is 10.8 Å². The molecule has 2 aromatic rings. The molecule has 1 aromatic carbocycles. The third-order valence-electron chi connectivity index (χ3n) is 1.88. The number of rotatable bonds is 1. The van der Waals surface area contributed by atoms with Crippen LogP contribution in [0.5, 0.6) is 0 Å². The van der Waals surface area contributed by atoms with Crippen LogP contribution in [0.3, 0.4) is 0 Å². The second-order valence-electron chi connectivity index (χ2n) is 2.90. The molecule has 2 N–H and O–H groups in total. The fourth-order valence-electron chi connectivity index (χ4n) is 1.24. The summed E-state index contributed by atoms with van der Waals surface area (Å²) < 4.78 is 4.60. The van der Waals surface area contributed by atoms with Crippen molar-refractivity contribution in [3.8, 4) is 0 Å². The number of fused-ring (bicyclic) bond motifs is 1. The molecule has 17 heavy (non-hydrogen) atoms. The van der Waals surface area contributed by atoms with Gasteiger partial charge in [0.1, 0.15) is 0 Å². The molecule has 0 atom stereocenters. The average molecular weight is 236 g/mol. The molecule has 1 heterocycles. The van der Waals surface area contributed by atoms with Crippen molar-refractivity contribution in [3.63, 3.8) is 0 Å². The maximum absolute atomic E-state index is 11.3. The Morgan fingerprint density at radius 1 is 1.29 bits per heavy atom. The fraction of sp³-hybridized carbons (Fsp3) is 0. The van der Waals surface area contributed by atoms with Crippen LogP contribution in [0.1, 0.15) is 10.6 Å². The van der Waals surface area contributed by atoms with E-state index in [1.54, 1.807) is 24.3 Å². The number of carboxylic acids is 1. The largest absolute Gasteiger partial charge is 0.483 e. The summed E-state index contributed by atoms with van der Waals surface area (Å²) in [4.78, 5) is 30.2. The molecule has 0 radical (unpaired) electrons. The van der Waals surface area contributed by atoms with Crippen LogP contribution in [-0.2, 0) is 4.79 Å². The van der Waals surface area contributed by atoms with Crippen molar-refractivity contribution in [3.05, 3.63) is 46.5 Å². The topological polar surface area (TPSA) is 105 Å². The van der Waals surface area contributed by atoms with Gasteiger partial charge in [0.25, 0.3) is 6.47 Å². The first kappa shape index (κ1) is 12.4. The summed E-state index contributed by atoms with van der Waals surface area (Å²) in [6.07, 6.45) is 0. The van der Waals surface area contributed by atoms with Gasteiger partial charge in [0, 0.05) is 0 Å². The first-order valence-corrected chi connectivity index (χ1v) is 4.44. The van der Waals surface area contributed by atoms with Crippen LogP contribution in [0.4, 0.5) is 0 Å². The monoisotopic (exact) mass is 236 g/mol. The molecule has 0 unspecified atom stereocenters. The lowest BCUT2D eigenvalue weighted by atomic mass is 10.2. The minimum atomic E-state index is -1.24. The van der Waals surface area contributed by atoms with Gasteiger partial charge in [-0.3, -0.25) is 4.79 Å². The molecular formula is C11H8O6. The van der Waals surface area contributed by atoms with Crippen LogP contribution >= 0.6 is 0 Å². The molecule has 0 aliphatic carbocycles.